The van der Waals surface area contributed by atoms with Crippen LogP contribution in [-0.2, 0) is 0 Å². The van der Waals surface area contributed by atoms with E-state index in [1.54, 1.807) is 30.7 Å². The molecule has 0 aliphatic rings. The van der Waals surface area contributed by atoms with E-state index < -0.39 is 5.69 Å². The lowest BCUT2D eigenvalue weighted by Crippen LogP contribution is -2.33. The Kier molecular flexibility index (Phi) is 3.62. The highest BCUT2D eigenvalue weighted by Gasteiger charge is 2.13. The molecule has 0 radical (unpaired) electrons. The van der Waals surface area contributed by atoms with E-state index in [-0.39, 0.29) is 5.56 Å². The highest BCUT2D eigenvalue weighted by molar-refractivity contribution is 5.90. The maximum atomic E-state index is 13.1. The summed E-state index contributed by atoms with van der Waals surface area (Å²) >= 11 is 0. The molecule has 0 aliphatic carbocycles. The Bertz CT molecular complexity index is 1450. The summed E-state index contributed by atoms with van der Waals surface area (Å²) in [6.45, 7) is 0. The highest BCUT2D eigenvalue weighted by atomic mass is 16.2. The number of benzene rings is 2. The van der Waals surface area contributed by atoms with E-state index in [1.165, 1.54) is 6.20 Å². The lowest BCUT2D eigenvalue weighted by Gasteiger charge is -2.10. The van der Waals surface area contributed by atoms with Crippen LogP contribution in [0.1, 0.15) is 0 Å². The van der Waals surface area contributed by atoms with Gasteiger partial charge in [0, 0.05) is 34.9 Å². The van der Waals surface area contributed by atoms with Crippen LogP contribution in [0.3, 0.4) is 0 Å². The standard InChI is InChI=1S/C22H14N4O2/c27-21-18-8-7-14(15-5-3-9-23-11-15)10-19(18)25-22(28)26(21)20-13-24-12-16-4-1-2-6-17(16)20/h1-13H,(H,25,28). The van der Waals surface area contributed by atoms with Crippen molar-refractivity contribution in [3.63, 3.8) is 0 Å². The van der Waals surface area contributed by atoms with Crippen LogP contribution < -0.4 is 11.2 Å². The summed E-state index contributed by atoms with van der Waals surface area (Å²) in [5.41, 5.74) is 1.85. The molecule has 2 aromatic carbocycles. The molecule has 0 aliphatic heterocycles. The Morgan fingerprint density at radius 2 is 1.68 bits per heavy atom. The van der Waals surface area contributed by atoms with Crippen LogP contribution in [0.5, 0.6) is 0 Å². The average Bonchev–Trinajstić information content (AvgIpc) is 2.74. The predicted octanol–water partition coefficient (Wildman–Crippen LogP) is 3.29. The molecule has 3 aromatic heterocycles. The molecular formula is C22H14N4O2. The summed E-state index contributed by atoms with van der Waals surface area (Å²) in [7, 11) is 0. The zero-order valence-corrected chi connectivity index (χ0v) is 14.7. The van der Waals surface area contributed by atoms with Crippen molar-refractivity contribution in [2.45, 2.75) is 0 Å². The smallest absolute Gasteiger partial charge is 0.306 e. The summed E-state index contributed by atoms with van der Waals surface area (Å²) in [6, 6.07) is 16.7. The van der Waals surface area contributed by atoms with Gasteiger partial charge < -0.3 is 4.98 Å². The lowest BCUT2D eigenvalue weighted by molar-refractivity contribution is 0.902. The van der Waals surface area contributed by atoms with Crippen LogP contribution in [0, 0.1) is 0 Å². The second kappa shape index (κ2) is 6.28. The van der Waals surface area contributed by atoms with Crippen LogP contribution in [-0.4, -0.2) is 19.5 Å². The molecule has 5 rings (SSSR count). The van der Waals surface area contributed by atoms with Crippen LogP contribution >= 0.6 is 0 Å². The molecule has 1 N–H and O–H groups in total. The Hall–Kier alpha value is -4.06. The van der Waals surface area contributed by atoms with Gasteiger partial charge in [0.2, 0.25) is 0 Å². The molecule has 0 amide bonds. The molecule has 3 heterocycles. The summed E-state index contributed by atoms with van der Waals surface area (Å²) in [4.78, 5) is 37.1. The Balaban J connectivity index is 1.78. The number of H-pyrrole nitrogens is 1. The van der Waals surface area contributed by atoms with Gasteiger partial charge in [0.25, 0.3) is 5.56 Å². The van der Waals surface area contributed by atoms with Crippen molar-refractivity contribution in [2.24, 2.45) is 0 Å². The molecule has 0 saturated heterocycles. The number of nitrogens with one attached hydrogen (secondary N) is 1. The minimum absolute atomic E-state index is 0.380. The molecule has 6 nitrogen and oxygen atoms in total. The van der Waals surface area contributed by atoms with Gasteiger partial charge in [-0.15, -0.1) is 0 Å². The maximum absolute atomic E-state index is 13.1. The maximum Gasteiger partial charge on any atom is 0.333 e. The van der Waals surface area contributed by atoms with E-state index in [4.69, 9.17) is 0 Å². The first kappa shape index (κ1) is 16.1. The first-order valence-corrected chi connectivity index (χ1v) is 8.75. The lowest BCUT2D eigenvalue weighted by atomic mass is 10.1. The van der Waals surface area contributed by atoms with Gasteiger partial charge in [0.1, 0.15) is 0 Å². The minimum atomic E-state index is -0.501. The topological polar surface area (TPSA) is 80.6 Å². The van der Waals surface area contributed by atoms with Gasteiger partial charge >= 0.3 is 5.69 Å². The molecule has 0 saturated carbocycles. The third-order valence-corrected chi connectivity index (χ3v) is 4.78. The highest BCUT2D eigenvalue weighted by Crippen LogP contribution is 2.22. The molecule has 5 aromatic rings. The minimum Gasteiger partial charge on any atom is -0.306 e. The van der Waals surface area contributed by atoms with E-state index in [0.29, 0.717) is 16.6 Å². The molecule has 0 bridgehead atoms. The normalized spacial score (nSPS) is 11.1. The largest absolute Gasteiger partial charge is 0.333 e. The van der Waals surface area contributed by atoms with Crippen LogP contribution in [0.2, 0.25) is 0 Å². The fourth-order valence-corrected chi connectivity index (χ4v) is 3.43. The number of fused-ring (bicyclic) bond motifs is 2. The first-order valence-electron chi connectivity index (χ1n) is 8.75. The number of nitrogens with zero attached hydrogens (tertiary/aromatic N) is 3. The molecule has 134 valence electrons. The molecule has 0 spiro atoms. The zero-order valence-electron chi connectivity index (χ0n) is 14.7. The van der Waals surface area contributed by atoms with Gasteiger partial charge in [0.15, 0.2) is 0 Å². The Morgan fingerprint density at radius 3 is 2.54 bits per heavy atom. The summed E-state index contributed by atoms with van der Waals surface area (Å²) < 4.78 is 1.14. The number of aromatic nitrogens is 4. The fraction of sp³-hybridized carbons (Fsp3) is 0. The number of pyridine rings is 2. The second-order valence-corrected chi connectivity index (χ2v) is 6.45. The van der Waals surface area contributed by atoms with Gasteiger partial charge in [0.05, 0.1) is 22.8 Å². The van der Waals surface area contributed by atoms with Crippen molar-refractivity contribution in [3.8, 4) is 16.8 Å². The average molecular weight is 366 g/mol. The van der Waals surface area contributed by atoms with E-state index in [2.05, 4.69) is 15.0 Å². The van der Waals surface area contributed by atoms with Crippen LogP contribution in [0.4, 0.5) is 0 Å². The number of aromatic amines is 1. The van der Waals surface area contributed by atoms with Gasteiger partial charge in [-0.25, -0.2) is 9.36 Å². The van der Waals surface area contributed by atoms with E-state index in [9.17, 15) is 9.59 Å². The van der Waals surface area contributed by atoms with Crippen molar-refractivity contribution in [3.05, 3.63) is 100 Å². The zero-order chi connectivity index (χ0) is 19.1. The van der Waals surface area contributed by atoms with E-state index in [1.807, 2.05) is 42.5 Å². The Labute approximate surface area is 158 Å². The molecule has 0 atom stereocenters. The van der Waals surface area contributed by atoms with Crippen molar-refractivity contribution in [1.82, 2.24) is 19.5 Å². The van der Waals surface area contributed by atoms with Crippen molar-refractivity contribution >= 4 is 21.7 Å². The summed E-state index contributed by atoms with van der Waals surface area (Å²) in [6.07, 6.45) is 6.68. The first-order chi connectivity index (χ1) is 13.7. The van der Waals surface area contributed by atoms with Crippen LogP contribution in [0.15, 0.2) is 89.0 Å². The monoisotopic (exact) mass is 366 g/mol. The Morgan fingerprint density at radius 1 is 0.786 bits per heavy atom. The van der Waals surface area contributed by atoms with Crippen molar-refractivity contribution < 1.29 is 0 Å². The van der Waals surface area contributed by atoms with Gasteiger partial charge in [-0.05, 0) is 23.8 Å². The summed E-state index contributed by atoms with van der Waals surface area (Å²) in [5, 5.41) is 2.08. The third-order valence-electron chi connectivity index (χ3n) is 4.78. The second-order valence-electron chi connectivity index (χ2n) is 6.45. The molecule has 28 heavy (non-hydrogen) atoms. The van der Waals surface area contributed by atoms with Crippen molar-refractivity contribution in [1.29, 1.82) is 0 Å². The van der Waals surface area contributed by atoms with Gasteiger partial charge in [-0.2, -0.15) is 0 Å². The molecular weight excluding hydrogens is 352 g/mol. The molecule has 0 unspecified atom stereocenters. The SMILES string of the molecule is O=c1[nH]c2cc(-c3cccnc3)ccc2c(=O)n1-c1cncc2ccccc12. The quantitative estimate of drug-likeness (QED) is 0.520. The third kappa shape index (κ3) is 2.51. The number of hydrogen-bond acceptors (Lipinski definition) is 4. The van der Waals surface area contributed by atoms with Gasteiger partial charge in [-0.1, -0.05) is 36.4 Å². The fourth-order valence-electron chi connectivity index (χ4n) is 3.43. The molecule has 0 fully saturated rings. The van der Waals surface area contributed by atoms with E-state index in [0.717, 1.165) is 26.5 Å². The molecule has 6 heteroatoms. The number of hydrogen-bond donors (Lipinski definition) is 1. The predicted molar refractivity (Wildman–Crippen MR) is 109 cm³/mol. The summed E-state index contributed by atoms with van der Waals surface area (Å²) in [5.74, 6) is 0. The van der Waals surface area contributed by atoms with Crippen molar-refractivity contribution in [2.75, 3.05) is 0 Å². The van der Waals surface area contributed by atoms with Crippen LogP contribution in [0.25, 0.3) is 38.5 Å². The van der Waals surface area contributed by atoms with Gasteiger partial charge in [-0.3, -0.25) is 14.8 Å². The number of rotatable bonds is 2. The van der Waals surface area contributed by atoms with E-state index >= 15 is 0 Å².